The molecule has 0 N–H and O–H groups in total. The monoisotopic (exact) mass is 188 g/mol. The van der Waals surface area contributed by atoms with Gasteiger partial charge in [-0.2, -0.15) is 0 Å². The van der Waals surface area contributed by atoms with Gasteiger partial charge in [0.1, 0.15) is 6.61 Å². The summed E-state index contributed by atoms with van der Waals surface area (Å²) in [6, 6.07) is 3.06. The molecule has 0 aromatic carbocycles. The van der Waals surface area contributed by atoms with Crippen molar-refractivity contribution in [2.75, 3.05) is 13.2 Å². The van der Waals surface area contributed by atoms with Crippen molar-refractivity contribution < 1.29 is 13.9 Å². The number of carbonyl (C=O) groups is 1. The quantitative estimate of drug-likeness (QED) is 0.680. The average Bonchev–Trinajstić information content (AvgIpc) is 2.47. The second-order valence-electron chi connectivity index (χ2n) is 2.16. The van der Waals surface area contributed by atoms with Gasteiger partial charge in [0.15, 0.2) is 11.0 Å². The first-order chi connectivity index (χ1) is 5.74. The summed E-state index contributed by atoms with van der Waals surface area (Å²) in [6.07, 6.45) is 0. The van der Waals surface area contributed by atoms with E-state index in [-0.39, 0.29) is 23.4 Å². The number of halogens is 1. The van der Waals surface area contributed by atoms with Crippen molar-refractivity contribution in [3.63, 3.8) is 0 Å². The molecule has 0 aliphatic heterocycles. The van der Waals surface area contributed by atoms with Crippen LogP contribution in [0.1, 0.15) is 17.5 Å². The zero-order valence-electron chi connectivity index (χ0n) is 6.67. The van der Waals surface area contributed by atoms with E-state index >= 15 is 0 Å². The number of ether oxygens (including phenoxy) is 1. The predicted molar refractivity (Wildman–Crippen MR) is 44.5 cm³/mol. The lowest BCUT2D eigenvalue weighted by atomic mass is 10.3. The van der Waals surface area contributed by atoms with Gasteiger partial charge >= 0.3 is 0 Å². The van der Waals surface area contributed by atoms with Crippen LogP contribution < -0.4 is 0 Å². The lowest BCUT2D eigenvalue weighted by Crippen LogP contribution is -2.07. The maximum absolute atomic E-state index is 11.1. The molecular formula is C8H9ClO3. The number of furan rings is 1. The van der Waals surface area contributed by atoms with Crippen molar-refractivity contribution in [3.05, 3.63) is 23.1 Å². The molecule has 4 heteroatoms. The van der Waals surface area contributed by atoms with Crippen LogP contribution in [-0.2, 0) is 4.74 Å². The maximum atomic E-state index is 11.1. The van der Waals surface area contributed by atoms with Crippen LogP contribution in [0.3, 0.4) is 0 Å². The number of Topliss-reactive ketones (excluding diaryl/α,β-unsaturated/α-hetero) is 1. The van der Waals surface area contributed by atoms with Crippen molar-refractivity contribution in [2.24, 2.45) is 0 Å². The van der Waals surface area contributed by atoms with Gasteiger partial charge < -0.3 is 9.15 Å². The summed E-state index contributed by atoms with van der Waals surface area (Å²) in [5.41, 5.74) is 0. The first-order valence-electron chi connectivity index (χ1n) is 3.60. The van der Waals surface area contributed by atoms with Gasteiger partial charge in [0.2, 0.25) is 5.78 Å². The predicted octanol–water partition coefficient (Wildman–Crippen LogP) is 2.15. The molecule has 1 aromatic heterocycles. The Morgan fingerprint density at radius 1 is 1.67 bits per heavy atom. The summed E-state index contributed by atoms with van der Waals surface area (Å²) in [5.74, 6) is 0.0530. The molecule has 0 saturated heterocycles. The van der Waals surface area contributed by atoms with Crippen molar-refractivity contribution >= 4 is 17.4 Å². The summed E-state index contributed by atoms with van der Waals surface area (Å²) in [7, 11) is 0. The highest BCUT2D eigenvalue weighted by atomic mass is 35.5. The highest BCUT2D eigenvalue weighted by Gasteiger charge is 2.09. The fourth-order valence-corrected chi connectivity index (χ4v) is 0.876. The molecule has 0 amide bonds. The lowest BCUT2D eigenvalue weighted by molar-refractivity contribution is 0.0756. The van der Waals surface area contributed by atoms with E-state index in [1.54, 1.807) is 0 Å². The maximum Gasteiger partial charge on any atom is 0.223 e. The van der Waals surface area contributed by atoms with Crippen LogP contribution >= 0.6 is 11.6 Å². The number of hydrogen-bond acceptors (Lipinski definition) is 3. The first-order valence-corrected chi connectivity index (χ1v) is 3.98. The van der Waals surface area contributed by atoms with E-state index in [9.17, 15) is 4.79 Å². The van der Waals surface area contributed by atoms with Crippen LogP contribution in [0.2, 0.25) is 5.22 Å². The minimum atomic E-state index is -0.191. The van der Waals surface area contributed by atoms with Gasteiger partial charge in [-0.25, -0.2) is 0 Å². The van der Waals surface area contributed by atoms with Gasteiger partial charge in [0, 0.05) is 6.61 Å². The second kappa shape index (κ2) is 4.28. The van der Waals surface area contributed by atoms with Gasteiger partial charge in [-0.3, -0.25) is 4.79 Å². The fourth-order valence-electron chi connectivity index (χ4n) is 0.730. The molecule has 0 spiro atoms. The Morgan fingerprint density at radius 3 is 2.92 bits per heavy atom. The van der Waals surface area contributed by atoms with Crippen molar-refractivity contribution in [1.82, 2.24) is 0 Å². The van der Waals surface area contributed by atoms with E-state index < -0.39 is 0 Å². The smallest absolute Gasteiger partial charge is 0.223 e. The minimum absolute atomic E-state index is 0.0420. The molecule has 0 saturated carbocycles. The number of ketones is 1. The molecule has 66 valence electrons. The third-order valence-corrected chi connectivity index (χ3v) is 1.49. The molecule has 0 atom stereocenters. The highest BCUT2D eigenvalue weighted by molar-refractivity contribution is 6.29. The van der Waals surface area contributed by atoms with Crippen molar-refractivity contribution in [3.8, 4) is 0 Å². The van der Waals surface area contributed by atoms with Gasteiger partial charge in [-0.05, 0) is 30.7 Å². The van der Waals surface area contributed by atoms with Gasteiger partial charge in [-0.15, -0.1) is 0 Å². The largest absolute Gasteiger partial charge is 0.442 e. The van der Waals surface area contributed by atoms with Crippen molar-refractivity contribution in [2.45, 2.75) is 6.92 Å². The van der Waals surface area contributed by atoms with Gasteiger partial charge in [-0.1, -0.05) is 0 Å². The molecule has 3 nitrogen and oxygen atoms in total. The molecule has 1 aromatic rings. The molecule has 0 fully saturated rings. The third-order valence-electron chi connectivity index (χ3n) is 1.29. The Labute approximate surface area is 75.3 Å². The number of rotatable bonds is 4. The van der Waals surface area contributed by atoms with E-state index in [0.717, 1.165) is 0 Å². The Morgan fingerprint density at radius 2 is 2.42 bits per heavy atom. The summed E-state index contributed by atoms with van der Waals surface area (Å²) in [5, 5.41) is 0.217. The molecule has 0 aliphatic carbocycles. The average molecular weight is 189 g/mol. The summed E-state index contributed by atoms with van der Waals surface area (Å²) < 4.78 is 9.78. The SMILES string of the molecule is CCOCC(=O)c1ccc(Cl)o1. The fraction of sp³-hybridized carbons (Fsp3) is 0.375. The standard InChI is InChI=1S/C8H9ClO3/c1-2-11-5-6(10)7-3-4-8(9)12-7/h3-4H,2,5H2,1H3. The summed E-state index contributed by atoms with van der Waals surface area (Å²) >= 11 is 5.48. The van der Waals surface area contributed by atoms with Crippen LogP contribution in [0.15, 0.2) is 16.5 Å². The summed E-state index contributed by atoms with van der Waals surface area (Å²) in [4.78, 5) is 11.1. The van der Waals surface area contributed by atoms with Crippen LogP contribution in [0.25, 0.3) is 0 Å². The van der Waals surface area contributed by atoms with Crippen molar-refractivity contribution in [1.29, 1.82) is 0 Å². The molecule has 0 aliphatic rings. The normalized spacial score (nSPS) is 10.2. The zero-order chi connectivity index (χ0) is 8.97. The van der Waals surface area contributed by atoms with E-state index in [1.807, 2.05) is 6.92 Å². The Balaban J connectivity index is 2.53. The molecule has 0 unspecified atom stereocenters. The van der Waals surface area contributed by atoms with Crippen LogP contribution in [0, 0.1) is 0 Å². The first kappa shape index (κ1) is 9.29. The second-order valence-corrected chi connectivity index (χ2v) is 2.54. The Bertz CT molecular complexity index is 267. The number of hydrogen-bond donors (Lipinski definition) is 0. The van der Waals surface area contributed by atoms with E-state index in [2.05, 4.69) is 0 Å². The third kappa shape index (κ3) is 2.36. The lowest BCUT2D eigenvalue weighted by Gasteiger charge is -1.96. The minimum Gasteiger partial charge on any atom is -0.442 e. The van der Waals surface area contributed by atoms with E-state index in [4.69, 9.17) is 20.8 Å². The molecule has 0 bridgehead atoms. The molecule has 0 radical (unpaired) electrons. The van der Waals surface area contributed by atoms with E-state index in [0.29, 0.717) is 6.61 Å². The van der Waals surface area contributed by atoms with Crippen LogP contribution in [-0.4, -0.2) is 19.0 Å². The number of carbonyl (C=O) groups excluding carboxylic acids is 1. The van der Waals surface area contributed by atoms with Crippen LogP contribution in [0.5, 0.6) is 0 Å². The molecular weight excluding hydrogens is 180 g/mol. The molecule has 12 heavy (non-hydrogen) atoms. The van der Waals surface area contributed by atoms with E-state index in [1.165, 1.54) is 12.1 Å². The molecule has 1 heterocycles. The molecule has 1 rings (SSSR count). The van der Waals surface area contributed by atoms with Crippen LogP contribution in [0.4, 0.5) is 0 Å². The Hall–Kier alpha value is -0.800. The van der Waals surface area contributed by atoms with Gasteiger partial charge in [0.05, 0.1) is 0 Å². The highest BCUT2D eigenvalue weighted by Crippen LogP contribution is 2.13. The summed E-state index contributed by atoms with van der Waals surface area (Å²) in [6.45, 7) is 2.38. The van der Waals surface area contributed by atoms with Gasteiger partial charge in [0.25, 0.3) is 0 Å². The zero-order valence-corrected chi connectivity index (χ0v) is 7.43. The Kier molecular flexibility index (Phi) is 3.31. The topological polar surface area (TPSA) is 39.4 Å².